The lowest BCUT2D eigenvalue weighted by Gasteiger charge is -2.21. The number of benzene rings is 2. The van der Waals surface area contributed by atoms with Crippen molar-refractivity contribution in [2.45, 2.75) is 13.8 Å². The number of aromatic nitrogens is 2. The number of hydrogen-bond donors (Lipinski definition) is 1. The fraction of sp³-hybridized carbons (Fsp3) is 0.238. The molecule has 4 rings (SSSR count). The molecule has 3 aromatic rings. The van der Waals surface area contributed by atoms with Crippen molar-refractivity contribution in [1.82, 2.24) is 9.78 Å². The molecule has 28 heavy (non-hydrogen) atoms. The van der Waals surface area contributed by atoms with Crippen molar-refractivity contribution in [3.05, 3.63) is 59.4 Å². The van der Waals surface area contributed by atoms with Gasteiger partial charge in [-0.15, -0.1) is 0 Å². The lowest BCUT2D eigenvalue weighted by Crippen LogP contribution is -2.18. The molecule has 0 fully saturated rings. The van der Waals surface area contributed by atoms with Gasteiger partial charge < -0.3 is 19.5 Å². The Kier molecular flexibility index (Phi) is 4.65. The zero-order valence-corrected chi connectivity index (χ0v) is 16.0. The number of carbonyl (C=O) groups excluding carboxylic acids is 1. The summed E-state index contributed by atoms with van der Waals surface area (Å²) in [5.41, 5.74) is 3.94. The molecule has 1 N–H and O–H groups in total. The first-order chi connectivity index (χ1) is 13.5. The molecule has 0 atom stereocenters. The summed E-state index contributed by atoms with van der Waals surface area (Å²) in [4.78, 5) is 12.8. The SMILES string of the molecule is COc1cc(C(=O)Nc2cccc(-n3nc(C)cc3C)c2)cc2c1OCCO2. The Morgan fingerprint density at radius 1 is 1.14 bits per heavy atom. The molecule has 0 bridgehead atoms. The first kappa shape index (κ1) is 17.9. The van der Waals surface area contributed by atoms with Gasteiger partial charge in [0.05, 0.1) is 18.5 Å². The lowest BCUT2D eigenvalue weighted by molar-refractivity contribution is 0.102. The summed E-state index contributed by atoms with van der Waals surface area (Å²) < 4.78 is 18.4. The van der Waals surface area contributed by atoms with E-state index in [1.807, 2.05) is 48.9 Å². The zero-order chi connectivity index (χ0) is 19.7. The molecular weight excluding hydrogens is 358 g/mol. The molecule has 1 aliphatic heterocycles. The van der Waals surface area contributed by atoms with Crippen molar-refractivity contribution in [2.75, 3.05) is 25.6 Å². The Labute approximate surface area is 162 Å². The smallest absolute Gasteiger partial charge is 0.255 e. The Morgan fingerprint density at radius 3 is 2.71 bits per heavy atom. The standard InChI is InChI=1S/C21H21N3O4/c1-13-9-14(2)24(23-13)17-6-4-5-16(12-17)22-21(25)15-10-18(26-3)20-19(11-15)27-7-8-28-20/h4-6,9-12H,7-8H2,1-3H3,(H,22,25). The quantitative estimate of drug-likeness (QED) is 0.751. The molecule has 0 unspecified atom stereocenters. The van der Waals surface area contributed by atoms with Crippen LogP contribution in [0.3, 0.4) is 0 Å². The van der Waals surface area contributed by atoms with Crippen LogP contribution < -0.4 is 19.5 Å². The van der Waals surface area contributed by atoms with Gasteiger partial charge in [-0.25, -0.2) is 4.68 Å². The summed E-state index contributed by atoms with van der Waals surface area (Å²) in [5.74, 6) is 1.24. The number of carbonyl (C=O) groups is 1. The number of nitrogens with zero attached hydrogens (tertiary/aromatic N) is 2. The Bertz CT molecular complexity index is 1020. The number of amides is 1. The van der Waals surface area contributed by atoms with Crippen LogP contribution in [0, 0.1) is 13.8 Å². The van der Waals surface area contributed by atoms with Gasteiger partial charge in [-0.1, -0.05) is 6.07 Å². The monoisotopic (exact) mass is 379 g/mol. The molecule has 0 saturated heterocycles. The number of nitrogens with one attached hydrogen (secondary N) is 1. The fourth-order valence-corrected chi connectivity index (χ4v) is 3.21. The van der Waals surface area contributed by atoms with Crippen LogP contribution in [0.4, 0.5) is 5.69 Å². The van der Waals surface area contributed by atoms with E-state index in [0.29, 0.717) is 41.7 Å². The highest BCUT2D eigenvalue weighted by molar-refractivity contribution is 6.05. The van der Waals surface area contributed by atoms with Crippen LogP contribution in [0.5, 0.6) is 17.2 Å². The van der Waals surface area contributed by atoms with Gasteiger partial charge in [0, 0.05) is 16.9 Å². The van der Waals surface area contributed by atoms with Crippen molar-refractivity contribution in [3.63, 3.8) is 0 Å². The van der Waals surface area contributed by atoms with E-state index in [1.54, 1.807) is 12.1 Å². The summed E-state index contributed by atoms with van der Waals surface area (Å²) in [6, 6.07) is 12.9. The maximum atomic E-state index is 12.8. The average molecular weight is 379 g/mol. The molecule has 1 aromatic heterocycles. The second-order valence-corrected chi connectivity index (χ2v) is 6.55. The Morgan fingerprint density at radius 2 is 1.96 bits per heavy atom. The minimum absolute atomic E-state index is 0.263. The summed E-state index contributed by atoms with van der Waals surface area (Å²) in [6.45, 7) is 4.83. The minimum Gasteiger partial charge on any atom is -0.493 e. The van der Waals surface area contributed by atoms with Crippen LogP contribution in [0.15, 0.2) is 42.5 Å². The molecule has 0 saturated carbocycles. The van der Waals surface area contributed by atoms with Gasteiger partial charge in [-0.2, -0.15) is 5.10 Å². The predicted molar refractivity (Wildman–Crippen MR) is 105 cm³/mol. The van der Waals surface area contributed by atoms with Crippen molar-refractivity contribution in [1.29, 1.82) is 0 Å². The highest BCUT2D eigenvalue weighted by Crippen LogP contribution is 2.40. The van der Waals surface area contributed by atoms with Crippen LogP contribution in [0.1, 0.15) is 21.7 Å². The van der Waals surface area contributed by atoms with E-state index in [9.17, 15) is 4.79 Å². The maximum Gasteiger partial charge on any atom is 0.255 e. The highest BCUT2D eigenvalue weighted by Gasteiger charge is 2.21. The third-order valence-corrected chi connectivity index (χ3v) is 4.45. The Hall–Kier alpha value is -3.48. The van der Waals surface area contributed by atoms with Crippen LogP contribution in [-0.4, -0.2) is 36.0 Å². The molecule has 144 valence electrons. The average Bonchev–Trinajstić information content (AvgIpc) is 3.05. The van der Waals surface area contributed by atoms with E-state index in [2.05, 4.69) is 10.4 Å². The van der Waals surface area contributed by atoms with Crippen molar-refractivity contribution in [3.8, 4) is 22.9 Å². The molecular formula is C21H21N3O4. The Balaban J connectivity index is 1.61. The summed E-state index contributed by atoms with van der Waals surface area (Å²) >= 11 is 0. The molecule has 0 aliphatic carbocycles. The normalized spacial score (nSPS) is 12.5. The van der Waals surface area contributed by atoms with E-state index in [4.69, 9.17) is 14.2 Å². The summed E-state index contributed by atoms with van der Waals surface area (Å²) in [7, 11) is 1.53. The number of aryl methyl sites for hydroxylation is 2. The van der Waals surface area contributed by atoms with Crippen LogP contribution in [-0.2, 0) is 0 Å². The van der Waals surface area contributed by atoms with Crippen molar-refractivity contribution < 1.29 is 19.0 Å². The first-order valence-electron chi connectivity index (χ1n) is 8.98. The van der Waals surface area contributed by atoms with E-state index in [-0.39, 0.29) is 5.91 Å². The maximum absolute atomic E-state index is 12.8. The van der Waals surface area contributed by atoms with Crippen molar-refractivity contribution >= 4 is 11.6 Å². The summed E-state index contributed by atoms with van der Waals surface area (Å²) in [5, 5.41) is 7.41. The second-order valence-electron chi connectivity index (χ2n) is 6.55. The van der Waals surface area contributed by atoms with E-state index < -0.39 is 0 Å². The van der Waals surface area contributed by atoms with Gasteiger partial charge in [0.15, 0.2) is 11.5 Å². The fourth-order valence-electron chi connectivity index (χ4n) is 3.21. The molecule has 7 heteroatoms. The number of ether oxygens (including phenoxy) is 3. The molecule has 0 radical (unpaired) electrons. The van der Waals surface area contributed by atoms with E-state index >= 15 is 0 Å². The van der Waals surface area contributed by atoms with Gasteiger partial charge >= 0.3 is 0 Å². The topological polar surface area (TPSA) is 74.6 Å². The number of hydrogen-bond acceptors (Lipinski definition) is 5. The molecule has 0 spiro atoms. The number of rotatable bonds is 4. The molecule has 7 nitrogen and oxygen atoms in total. The van der Waals surface area contributed by atoms with E-state index in [1.165, 1.54) is 7.11 Å². The molecule has 1 aliphatic rings. The van der Waals surface area contributed by atoms with Crippen LogP contribution >= 0.6 is 0 Å². The number of anilines is 1. The minimum atomic E-state index is -0.263. The number of fused-ring (bicyclic) bond motifs is 1. The molecule has 1 amide bonds. The first-order valence-corrected chi connectivity index (χ1v) is 8.98. The van der Waals surface area contributed by atoms with Gasteiger partial charge in [-0.05, 0) is 50.2 Å². The highest BCUT2D eigenvalue weighted by atomic mass is 16.6. The van der Waals surface area contributed by atoms with Crippen molar-refractivity contribution in [2.24, 2.45) is 0 Å². The third-order valence-electron chi connectivity index (χ3n) is 4.45. The van der Waals surface area contributed by atoms with Gasteiger partial charge in [-0.3, -0.25) is 4.79 Å². The lowest BCUT2D eigenvalue weighted by atomic mass is 10.1. The van der Waals surface area contributed by atoms with E-state index in [0.717, 1.165) is 17.1 Å². The van der Waals surface area contributed by atoms with Gasteiger partial charge in [0.2, 0.25) is 5.75 Å². The summed E-state index contributed by atoms with van der Waals surface area (Å²) in [6.07, 6.45) is 0. The van der Waals surface area contributed by atoms with Gasteiger partial charge in [0.25, 0.3) is 5.91 Å². The predicted octanol–water partition coefficient (Wildman–Crippen LogP) is 3.52. The number of methoxy groups -OCH3 is 1. The second kappa shape index (κ2) is 7.26. The largest absolute Gasteiger partial charge is 0.493 e. The zero-order valence-electron chi connectivity index (χ0n) is 16.0. The molecule has 2 heterocycles. The third kappa shape index (κ3) is 3.38. The molecule has 2 aromatic carbocycles. The van der Waals surface area contributed by atoms with Crippen LogP contribution in [0.2, 0.25) is 0 Å². The van der Waals surface area contributed by atoms with Gasteiger partial charge in [0.1, 0.15) is 13.2 Å². The van der Waals surface area contributed by atoms with Crippen LogP contribution in [0.25, 0.3) is 5.69 Å².